The summed E-state index contributed by atoms with van der Waals surface area (Å²) in [5.74, 6) is 1.08. The van der Waals surface area contributed by atoms with Crippen LogP contribution in [-0.2, 0) is 11.1 Å². The SMILES string of the molecule is [2H]C([2H])([2H])c1ccc(-c2ccc(C([2H])([2H])C)c(-c3cccc4c3Oc3ccccc3[Si]4(C)C)c2C([2H])([2H])[2H])c(C([2H])([2H])[2H])c1-c1cccc2c1Sc1ccccc1C(C)(C)S2. The van der Waals surface area contributed by atoms with E-state index in [9.17, 15) is 4.11 Å². The maximum absolute atomic E-state index is 9.17. The van der Waals surface area contributed by atoms with Crippen LogP contribution in [0.3, 0.4) is 0 Å². The van der Waals surface area contributed by atoms with Gasteiger partial charge in [-0.2, -0.15) is 0 Å². The lowest BCUT2D eigenvalue weighted by atomic mass is 9.84. The zero-order chi connectivity index (χ0) is 44.2. The number of ether oxygens (including phenoxy) is 1. The number of fused-ring (bicyclic) bond motifs is 4. The van der Waals surface area contributed by atoms with Crippen LogP contribution in [0.25, 0.3) is 33.4 Å². The van der Waals surface area contributed by atoms with Gasteiger partial charge in [-0.1, -0.05) is 123 Å². The third-order valence-corrected chi connectivity index (χ3v) is 16.2. The van der Waals surface area contributed by atoms with E-state index in [1.165, 1.54) is 43.0 Å². The Morgan fingerprint density at radius 1 is 0.680 bits per heavy atom. The number of benzene rings is 6. The molecule has 0 bridgehead atoms. The van der Waals surface area contributed by atoms with Gasteiger partial charge in [-0.3, -0.25) is 0 Å². The van der Waals surface area contributed by atoms with Gasteiger partial charge < -0.3 is 4.74 Å². The lowest BCUT2D eigenvalue weighted by molar-refractivity contribution is 0.488. The van der Waals surface area contributed by atoms with Gasteiger partial charge in [0.25, 0.3) is 0 Å². The van der Waals surface area contributed by atoms with Crippen LogP contribution in [0.4, 0.5) is 0 Å². The molecular weight excluding hydrogens is 661 g/mol. The molecule has 8 rings (SSSR count). The van der Waals surface area contributed by atoms with Crippen molar-refractivity contribution in [3.05, 3.63) is 137 Å². The highest BCUT2D eigenvalue weighted by molar-refractivity contribution is 8.03. The van der Waals surface area contributed by atoms with Crippen LogP contribution in [0.1, 0.15) is 63.7 Å². The zero-order valence-corrected chi connectivity index (χ0v) is 31.3. The molecule has 50 heavy (non-hydrogen) atoms. The van der Waals surface area contributed by atoms with Gasteiger partial charge in [0.1, 0.15) is 19.6 Å². The Morgan fingerprint density at radius 3 is 2.16 bits per heavy atom. The van der Waals surface area contributed by atoms with Gasteiger partial charge in [-0.15, -0.1) is 11.8 Å². The minimum atomic E-state index is -2.95. The summed E-state index contributed by atoms with van der Waals surface area (Å²) in [6.07, 6.45) is -2.06. The molecule has 0 saturated heterocycles. The topological polar surface area (TPSA) is 9.23 Å². The van der Waals surface area contributed by atoms with E-state index in [1.807, 2.05) is 60.7 Å². The monoisotopic (exact) mass is 715 g/mol. The first kappa shape index (κ1) is 22.8. The fourth-order valence-corrected chi connectivity index (χ4v) is 13.0. The Balaban J connectivity index is 1.49. The number of para-hydroxylation sites is 2. The molecule has 0 aliphatic carbocycles. The quantitative estimate of drug-likeness (QED) is 0.168. The molecule has 0 aromatic heterocycles. The van der Waals surface area contributed by atoms with Crippen LogP contribution in [-0.4, -0.2) is 8.07 Å². The largest absolute Gasteiger partial charge is 0.457 e. The van der Waals surface area contributed by atoms with Crippen molar-refractivity contribution in [2.75, 3.05) is 0 Å². The average Bonchev–Trinajstić information content (AvgIpc) is 3.28. The molecule has 6 aromatic rings. The van der Waals surface area contributed by atoms with Crippen molar-refractivity contribution in [2.24, 2.45) is 0 Å². The summed E-state index contributed by atoms with van der Waals surface area (Å²) >= 11 is 3.07. The first-order valence-electron chi connectivity index (χ1n) is 22.2. The van der Waals surface area contributed by atoms with Crippen LogP contribution < -0.4 is 15.1 Å². The molecule has 0 spiro atoms. The summed E-state index contributed by atoms with van der Waals surface area (Å²) in [4.78, 5) is 2.50. The van der Waals surface area contributed by atoms with Gasteiger partial charge in [0.15, 0.2) is 0 Å². The van der Waals surface area contributed by atoms with Gasteiger partial charge in [0.2, 0.25) is 0 Å². The molecule has 0 fully saturated rings. The predicted octanol–water partition coefficient (Wildman–Crippen LogP) is 12.6. The van der Waals surface area contributed by atoms with E-state index in [1.54, 1.807) is 30.0 Å². The minimum Gasteiger partial charge on any atom is -0.457 e. The predicted molar refractivity (Wildman–Crippen MR) is 219 cm³/mol. The summed E-state index contributed by atoms with van der Waals surface area (Å²) in [5.41, 5.74) is 1.38. The number of hydrogen-bond acceptors (Lipinski definition) is 3. The Morgan fingerprint density at radius 2 is 1.36 bits per heavy atom. The smallest absolute Gasteiger partial charge is 0.134 e. The molecule has 250 valence electrons. The molecule has 2 aliphatic heterocycles. The van der Waals surface area contributed by atoms with E-state index in [0.717, 1.165) is 25.7 Å². The second-order valence-corrected chi connectivity index (χ2v) is 20.9. The molecule has 2 aliphatic rings. The van der Waals surface area contributed by atoms with Gasteiger partial charge in [-0.25, -0.2) is 0 Å². The van der Waals surface area contributed by atoms with Gasteiger partial charge in [-0.05, 0) is 125 Å². The highest BCUT2D eigenvalue weighted by atomic mass is 32.2. The standard InChI is InChI=1S/C46H44OS2Si/c1-9-31-25-27-33(30(4)43(31)34-16-15-23-41-44(34)47-37-19-11-13-22-40(37)50(41,7)8)32-26-24-28(2)42(29(32)3)35-17-14-21-39-45(35)48-38-20-12-10-18-36(38)46(5,6)49-39/h10-27H,9H2,1-8H3/i2D3,3D3,4D3,9D2. The molecule has 0 N–H and O–H groups in total. The van der Waals surface area contributed by atoms with Gasteiger partial charge in [0.05, 0.1) is 0 Å². The van der Waals surface area contributed by atoms with E-state index in [-0.39, 0.29) is 49.3 Å². The van der Waals surface area contributed by atoms with Crippen molar-refractivity contribution < 1.29 is 19.8 Å². The summed E-state index contributed by atoms with van der Waals surface area (Å²) < 4.78 is 106. The van der Waals surface area contributed by atoms with E-state index < -0.39 is 35.0 Å². The van der Waals surface area contributed by atoms with Crippen LogP contribution >= 0.6 is 23.5 Å². The summed E-state index contributed by atoms with van der Waals surface area (Å²) in [6.45, 7) is 1.35. The second kappa shape index (κ2) is 12.4. The van der Waals surface area contributed by atoms with Crippen molar-refractivity contribution in [3.63, 3.8) is 0 Å². The van der Waals surface area contributed by atoms with Gasteiger partial charge >= 0.3 is 0 Å². The Kier molecular flexibility index (Phi) is 5.63. The molecular formula is C46H44OS2Si. The Labute approximate surface area is 323 Å². The van der Waals surface area contributed by atoms with E-state index in [0.29, 0.717) is 27.5 Å². The number of thioether (sulfide) groups is 1. The van der Waals surface area contributed by atoms with Crippen molar-refractivity contribution >= 4 is 42.0 Å². The van der Waals surface area contributed by atoms with E-state index in [2.05, 4.69) is 33.0 Å². The van der Waals surface area contributed by atoms with Crippen molar-refractivity contribution in [3.8, 4) is 44.9 Å². The first-order chi connectivity index (χ1) is 28.3. The zero-order valence-electron chi connectivity index (χ0n) is 39.6. The molecule has 2 heterocycles. The Hall–Kier alpha value is -3.96. The van der Waals surface area contributed by atoms with Crippen LogP contribution in [0.5, 0.6) is 11.5 Å². The summed E-state index contributed by atoms with van der Waals surface area (Å²) in [7, 11) is -2.44. The maximum atomic E-state index is 9.17. The van der Waals surface area contributed by atoms with Crippen LogP contribution in [0, 0.1) is 20.6 Å². The number of hydrogen-bond donors (Lipinski definition) is 0. The molecule has 1 nitrogen and oxygen atoms in total. The fourth-order valence-electron chi connectivity index (χ4n) is 7.48. The van der Waals surface area contributed by atoms with Gasteiger partial charge in [0, 0.05) is 40.1 Å². The van der Waals surface area contributed by atoms with Crippen molar-refractivity contribution in [1.82, 2.24) is 0 Å². The fraction of sp³-hybridized carbons (Fsp3) is 0.217. The number of rotatable bonds is 4. The van der Waals surface area contributed by atoms with Crippen molar-refractivity contribution in [1.29, 1.82) is 0 Å². The second-order valence-electron chi connectivity index (χ2n) is 13.8. The Bertz CT molecular complexity index is 2750. The molecule has 4 heteroatoms. The van der Waals surface area contributed by atoms with E-state index in [4.69, 9.17) is 15.7 Å². The van der Waals surface area contributed by atoms with Crippen molar-refractivity contribution in [2.45, 2.75) is 80.2 Å². The first-order valence-corrected chi connectivity index (χ1v) is 21.3. The highest BCUT2D eigenvalue weighted by Gasteiger charge is 2.38. The average molecular weight is 716 g/mol. The number of aryl methyl sites for hydroxylation is 2. The highest BCUT2D eigenvalue weighted by Crippen LogP contribution is 2.55. The molecule has 6 aromatic carbocycles. The molecule has 0 amide bonds. The lowest BCUT2D eigenvalue weighted by Crippen LogP contribution is -2.56. The minimum absolute atomic E-state index is 0.00245. The summed E-state index contributed by atoms with van der Waals surface area (Å²) in [6, 6.07) is 32.6. The lowest BCUT2D eigenvalue weighted by Gasteiger charge is -2.34. The molecule has 0 atom stereocenters. The third kappa shape index (κ3) is 5.22. The normalized spacial score (nSPS) is 19.5. The molecule has 0 radical (unpaired) electrons. The molecule has 0 unspecified atom stereocenters. The maximum Gasteiger partial charge on any atom is 0.134 e. The third-order valence-electron chi connectivity index (χ3n) is 10.1. The summed E-state index contributed by atoms with van der Waals surface area (Å²) in [5, 5.41) is 1.98. The van der Waals surface area contributed by atoms with E-state index >= 15 is 0 Å². The van der Waals surface area contributed by atoms with Crippen LogP contribution in [0.2, 0.25) is 13.1 Å². The molecule has 0 saturated carbocycles. The van der Waals surface area contributed by atoms with Crippen LogP contribution in [0.15, 0.2) is 124 Å².